The van der Waals surface area contributed by atoms with Crippen molar-refractivity contribution in [3.8, 4) is 5.75 Å². The van der Waals surface area contributed by atoms with Gasteiger partial charge in [0.25, 0.3) is 5.91 Å². The lowest BCUT2D eigenvalue weighted by molar-refractivity contribution is 0.0939. The average Bonchev–Trinajstić information content (AvgIpc) is 3.02. The Morgan fingerprint density at radius 3 is 2.56 bits per heavy atom. The Hall–Kier alpha value is -2.32. The second-order valence-corrected chi connectivity index (χ2v) is 8.12. The van der Waals surface area contributed by atoms with Crippen LogP contribution in [-0.4, -0.2) is 49.4 Å². The van der Waals surface area contributed by atoms with Crippen LogP contribution in [0, 0.1) is 6.92 Å². The molecule has 2 rings (SSSR count). The molecule has 1 heterocycles. The highest BCUT2D eigenvalue weighted by atomic mass is 32.2. The smallest absolute Gasteiger partial charge is 0.268 e. The summed E-state index contributed by atoms with van der Waals surface area (Å²) in [6, 6.07) is 9.07. The van der Waals surface area contributed by atoms with Gasteiger partial charge in [-0.25, -0.2) is 8.42 Å². The number of benzene rings is 1. The first-order chi connectivity index (χ1) is 12.8. The van der Waals surface area contributed by atoms with Gasteiger partial charge in [0.2, 0.25) is 10.0 Å². The third kappa shape index (κ3) is 5.11. The number of carbonyl (C=O) groups excluding carboxylic acids is 1. The standard InChI is InChI=1S/C19H27N3O4S/c1-5-22(6-2)27(24,25)17-13-18(21(4)14-17)19(23)20-10-11-26-16-9-7-8-15(3)12-16/h7-9,12-14H,5-6,10-11H2,1-4H3,(H,20,23). The van der Waals surface area contributed by atoms with Crippen molar-refractivity contribution in [2.75, 3.05) is 26.2 Å². The Bertz CT molecular complexity index is 886. The van der Waals surface area contributed by atoms with Crippen molar-refractivity contribution in [1.29, 1.82) is 0 Å². The van der Waals surface area contributed by atoms with Crippen LogP contribution in [0.25, 0.3) is 0 Å². The van der Waals surface area contributed by atoms with Crippen molar-refractivity contribution in [1.82, 2.24) is 14.2 Å². The summed E-state index contributed by atoms with van der Waals surface area (Å²) in [6.07, 6.45) is 1.46. The van der Waals surface area contributed by atoms with Gasteiger partial charge in [-0.05, 0) is 30.7 Å². The molecular weight excluding hydrogens is 366 g/mol. The maximum Gasteiger partial charge on any atom is 0.268 e. The molecule has 148 valence electrons. The monoisotopic (exact) mass is 393 g/mol. The van der Waals surface area contributed by atoms with Crippen LogP contribution in [0.1, 0.15) is 29.9 Å². The van der Waals surface area contributed by atoms with Gasteiger partial charge in [-0.2, -0.15) is 4.31 Å². The number of nitrogens with one attached hydrogen (secondary N) is 1. The van der Waals surface area contributed by atoms with E-state index >= 15 is 0 Å². The van der Waals surface area contributed by atoms with Crippen molar-refractivity contribution >= 4 is 15.9 Å². The zero-order chi connectivity index (χ0) is 20.0. The van der Waals surface area contributed by atoms with Gasteiger partial charge < -0.3 is 14.6 Å². The van der Waals surface area contributed by atoms with E-state index in [9.17, 15) is 13.2 Å². The molecule has 0 fully saturated rings. The van der Waals surface area contributed by atoms with Crippen molar-refractivity contribution in [3.63, 3.8) is 0 Å². The van der Waals surface area contributed by atoms with Gasteiger partial charge >= 0.3 is 0 Å². The summed E-state index contributed by atoms with van der Waals surface area (Å²) in [4.78, 5) is 12.5. The molecule has 0 aliphatic heterocycles. The van der Waals surface area contributed by atoms with E-state index in [-0.39, 0.29) is 16.5 Å². The predicted molar refractivity (Wildman–Crippen MR) is 105 cm³/mol. The highest BCUT2D eigenvalue weighted by Crippen LogP contribution is 2.18. The van der Waals surface area contributed by atoms with Crippen LogP contribution in [0.15, 0.2) is 41.4 Å². The number of amides is 1. The minimum absolute atomic E-state index is 0.120. The van der Waals surface area contributed by atoms with E-state index in [0.717, 1.165) is 11.3 Å². The van der Waals surface area contributed by atoms with Crippen LogP contribution >= 0.6 is 0 Å². The zero-order valence-electron chi connectivity index (χ0n) is 16.2. The van der Waals surface area contributed by atoms with Gasteiger partial charge in [0.05, 0.1) is 6.54 Å². The molecule has 2 aromatic rings. The maximum atomic E-state index is 12.6. The summed E-state index contributed by atoms with van der Waals surface area (Å²) in [6.45, 7) is 6.95. The average molecular weight is 394 g/mol. The van der Waals surface area contributed by atoms with E-state index in [1.807, 2.05) is 31.2 Å². The molecule has 0 bridgehead atoms. The van der Waals surface area contributed by atoms with E-state index < -0.39 is 10.0 Å². The van der Waals surface area contributed by atoms with Gasteiger partial charge in [0.15, 0.2) is 0 Å². The molecule has 0 saturated carbocycles. The number of ether oxygens (including phenoxy) is 1. The lowest BCUT2D eigenvalue weighted by Gasteiger charge is -2.17. The van der Waals surface area contributed by atoms with Gasteiger partial charge in [-0.3, -0.25) is 4.79 Å². The molecule has 0 aliphatic rings. The van der Waals surface area contributed by atoms with Crippen LogP contribution in [0.2, 0.25) is 0 Å². The fourth-order valence-electron chi connectivity index (χ4n) is 2.74. The number of sulfonamides is 1. The molecule has 8 heteroatoms. The van der Waals surface area contributed by atoms with Gasteiger partial charge in [0.1, 0.15) is 22.9 Å². The third-order valence-corrected chi connectivity index (χ3v) is 6.22. The van der Waals surface area contributed by atoms with E-state index in [1.165, 1.54) is 21.1 Å². The van der Waals surface area contributed by atoms with E-state index in [0.29, 0.717) is 26.2 Å². The van der Waals surface area contributed by atoms with Crippen LogP contribution < -0.4 is 10.1 Å². The summed E-state index contributed by atoms with van der Waals surface area (Å²) >= 11 is 0. The summed E-state index contributed by atoms with van der Waals surface area (Å²) in [5, 5.41) is 2.75. The van der Waals surface area contributed by atoms with Crippen molar-refractivity contribution in [3.05, 3.63) is 47.8 Å². The molecule has 0 saturated heterocycles. The second-order valence-electron chi connectivity index (χ2n) is 6.18. The normalized spacial score (nSPS) is 11.6. The first-order valence-electron chi connectivity index (χ1n) is 8.93. The molecule has 7 nitrogen and oxygen atoms in total. The fraction of sp³-hybridized carbons (Fsp3) is 0.421. The largest absolute Gasteiger partial charge is 0.492 e. The summed E-state index contributed by atoms with van der Waals surface area (Å²) in [5.74, 6) is 0.405. The number of aryl methyl sites for hydroxylation is 2. The first kappa shape index (κ1) is 21.0. The molecule has 0 radical (unpaired) electrons. The van der Waals surface area contributed by atoms with Crippen molar-refractivity contribution < 1.29 is 17.9 Å². The van der Waals surface area contributed by atoms with Gasteiger partial charge in [0, 0.05) is 26.3 Å². The van der Waals surface area contributed by atoms with Crippen LogP contribution in [0.4, 0.5) is 0 Å². The molecule has 1 N–H and O–H groups in total. The fourth-order valence-corrected chi connectivity index (χ4v) is 4.27. The molecule has 0 aliphatic carbocycles. The summed E-state index contributed by atoms with van der Waals surface area (Å²) < 4.78 is 33.7. The summed E-state index contributed by atoms with van der Waals surface area (Å²) in [5.41, 5.74) is 1.39. The van der Waals surface area contributed by atoms with E-state index in [4.69, 9.17) is 4.74 Å². The summed E-state index contributed by atoms with van der Waals surface area (Å²) in [7, 11) is -1.94. The molecule has 0 unspecified atom stereocenters. The predicted octanol–water partition coefficient (Wildman–Crippen LogP) is 2.17. The minimum Gasteiger partial charge on any atom is -0.492 e. The van der Waals surface area contributed by atoms with Crippen molar-refractivity contribution in [2.45, 2.75) is 25.7 Å². The minimum atomic E-state index is -3.59. The molecule has 1 amide bonds. The zero-order valence-corrected chi connectivity index (χ0v) is 17.0. The quantitative estimate of drug-likeness (QED) is 0.662. The lowest BCUT2D eigenvalue weighted by atomic mass is 10.2. The highest BCUT2D eigenvalue weighted by molar-refractivity contribution is 7.89. The number of aromatic nitrogens is 1. The number of rotatable bonds is 9. The Labute approximate surface area is 161 Å². The first-order valence-corrected chi connectivity index (χ1v) is 10.4. The molecule has 0 atom stereocenters. The Morgan fingerprint density at radius 1 is 1.22 bits per heavy atom. The second kappa shape index (κ2) is 9.05. The Morgan fingerprint density at radius 2 is 1.93 bits per heavy atom. The Kier molecular flexibility index (Phi) is 7.04. The molecule has 1 aromatic carbocycles. The van der Waals surface area contributed by atoms with Crippen LogP contribution in [0.5, 0.6) is 5.75 Å². The van der Waals surface area contributed by atoms with Crippen molar-refractivity contribution in [2.24, 2.45) is 7.05 Å². The molecule has 27 heavy (non-hydrogen) atoms. The third-order valence-electron chi connectivity index (χ3n) is 4.20. The van der Waals surface area contributed by atoms with E-state index in [2.05, 4.69) is 5.32 Å². The van der Waals surface area contributed by atoms with Crippen LogP contribution in [-0.2, 0) is 17.1 Å². The lowest BCUT2D eigenvalue weighted by Crippen LogP contribution is -2.30. The van der Waals surface area contributed by atoms with Crippen LogP contribution in [0.3, 0.4) is 0 Å². The number of carbonyl (C=O) groups is 1. The van der Waals surface area contributed by atoms with E-state index in [1.54, 1.807) is 20.9 Å². The topological polar surface area (TPSA) is 80.6 Å². The number of nitrogens with zero attached hydrogens (tertiary/aromatic N) is 2. The number of hydrogen-bond donors (Lipinski definition) is 1. The SMILES string of the molecule is CCN(CC)S(=O)(=O)c1cc(C(=O)NCCOc2cccc(C)c2)n(C)c1. The molecule has 1 aromatic heterocycles. The molecule has 0 spiro atoms. The van der Waals surface area contributed by atoms with Gasteiger partial charge in [-0.1, -0.05) is 26.0 Å². The number of hydrogen-bond acceptors (Lipinski definition) is 4. The Balaban J connectivity index is 1.98. The molecular formula is C19H27N3O4S. The highest BCUT2D eigenvalue weighted by Gasteiger charge is 2.25. The van der Waals surface area contributed by atoms with Gasteiger partial charge in [-0.15, -0.1) is 0 Å². The maximum absolute atomic E-state index is 12.6.